The van der Waals surface area contributed by atoms with Gasteiger partial charge in [-0.05, 0) is 17.5 Å². The first-order valence-corrected chi connectivity index (χ1v) is 5.38. The topological polar surface area (TPSA) is 0 Å². The summed E-state index contributed by atoms with van der Waals surface area (Å²) in [5.41, 5.74) is 2.65. The Bertz CT molecular complexity index is 349. The van der Waals surface area contributed by atoms with Gasteiger partial charge >= 0.3 is 0 Å². The smallest absolute Gasteiger partial charge is 0.0337 e. The van der Waals surface area contributed by atoms with Crippen molar-refractivity contribution in [3.05, 3.63) is 77.7 Å². The molecular weight excluding hydrogens is 180 g/mol. The summed E-state index contributed by atoms with van der Waals surface area (Å²) >= 11 is 0. The maximum Gasteiger partial charge on any atom is 0.0337 e. The Morgan fingerprint density at radius 2 is 1.13 bits per heavy atom. The van der Waals surface area contributed by atoms with Crippen molar-refractivity contribution in [2.75, 3.05) is 0 Å². The number of hydrogen-bond acceptors (Lipinski definition) is 0. The highest BCUT2D eigenvalue weighted by Crippen LogP contribution is 2.25. The number of hydrogen-bond donors (Lipinski definition) is 0. The molecule has 0 N–H and O–H groups in total. The first kappa shape index (κ1) is 9.97. The van der Waals surface area contributed by atoms with E-state index in [9.17, 15) is 0 Å². The molecule has 0 saturated heterocycles. The molecule has 75 valence electrons. The third-order valence-corrected chi connectivity index (χ3v) is 2.60. The second kappa shape index (κ2) is 4.79. The van der Waals surface area contributed by atoms with Crippen molar-refractivity contribution in [2.24, 2.45) is 0 Å². The fourth-order valence-electron chi connectivity index (χ4n) is 1.85. The van der Waals surface area contributed by atoms with Gasteiger partial charge in [-0.25, -0.2) is 0 Å². The van der Waals surface area contributed by atoms with Crippen LogP contribution in [0.5, 0.6) is 0 Å². The molecule has 2 rings (SSSR count). The molecule has 0 aliphatic carbocycles. The molecule has 0 heteroatoms. The first-order valence-electron chi connectivity index (χ1n) is 5.38. The van der Waals surface area contributed by atoms with Gasteiger partial charge in [-0.3, -0.25) is 0 Å². The van der Waals surface area contributed by atoms with Crippen LogP contribution in [0.4, 0.5) is 0 Å². The van der Waals surface area contributed by atoms with Crippen LogP contribution < -0.4 is 0 Å². The highest BCUT2D eigenvalue weighted by atomic mass is 14.1. The lowest BCUT2D eigenvalue weighted by molar-refractivity contribution is 0.990. The third-order valence-electron chi connectivity index (χ3n) is 2.60. The van der Waals surface area contributed by atoms with E-state index < -0.39 is 0 Å². The SMILES string of the molecule is CC[C](c1ccccc1)c1ccccc1. The quantitative estimate of drug-likeness (QED) is 0.692. The van der Waals surface area contributed by atoms with Crippen LogP contribution >= 0.6 is 0 Å². The molecule has 0 bridgehead atoms. The minimum Gasteiger partial charge on any atom is -0.0642 e. The van der Waals surface area contributed by atoms with Gasteiger partial charge in [-0.2, -0.15) is 0 Å². The van der Waals surface area contributed by atoms with Gasteiger partial charge < -0.3 is 0 Å². The summed E-state index contributed by atoms with van der Waals surface area (Å²) in [7, 11) is 0. The van der Waals surface area contributed by atoms with E-state index in [1.54, 1.807) is 0 Å². The summed E-state index contributed by atoms with van der Waals surface area (Å²) in [4.78, 5) is 0. The number of benzene rings is 2. The van der Waals surface area contributed by atoms with Gasteiger partial charge in [-0.1, -0.05) is 67.6 Å². The summed E-state index contributed by atoms with van der Waals surface area (Å²) in [6.45, 7) is 2.20. The van der Waals surface area contributed by atoms with Crippen molar-refractivity contribution in [3.63, 3.8) is 0 Å². The predicted molar refractivity (Wildman–Crippen MR) is 64.6 cm³/mol. The maximum absolute atomic E-state index is 2.20. The predicted octanol–water partition coefficient (Wildman–Crippen LogP) is 4.07. The Morgan fingerprint density at radius 3 is 1.47 bits per heavy atom. The summed E-state index contributed by atoms with van der Waals surface area (Å²) in [5, 5.41) is 0. The molecule has 15 heavy (non-hydrogen) atoms. The van der Waals surface area contributed by atoms with Gasteiger partial charge in [0.15, 0.2) is 0 Å². The Labute approximate surface area is 91.6 Å². The molecule has 0 aliphatic rings. The molecule has 0 spiro atoms. The molecule has 0 nitrogen and oxygen atoms in total. The highest BCUT2D eigenvalue weighted by molar-refractivity contribution is 5.44. The van der Waals surface area contributed by atoms with E-state index in [0.717, 1.165) is 6.42 Å². The van der Waals surface area contributed by atoms with Crippen LogP contribution in [0.25, 0.3) is 0 Å². The second-order valence-electron chi connectivity index (χ2n) is 3.56. The Kier molecular flexibility index (Phi) is 3.18. The third kappa shape index (κ3) is 2.27. The van der Waals surface area contributed by atoms with Crippen molar-refractivity contribution >= 4 is 0 Å². The van der Waals surface area contributed by atoms with E-state index in [-0.39, 0.29) is 0 Å². The van der Waals surface area contributed by atoms with E-state index in [2.05, 4.69) is 67.6 Å². The van der Waals surface area contributed by atoms with E-state index >= 15 is 0 Å². The lowest BCUT2D eigenvalue weighted by Crippen LogP contribution is -1.99. The minimum absolute atomic E-state index is 1.06. The molecule has 0 fully saturated rings. The fraction of sp³-hybridized carbons (Fsp3) is 0.133. The van der Waals surface area contributed by atoms with Gasteiger partial charge in [0.25, 0.3) is 0 Å². The van der Waals surface area contributed by atoms with E-state index in [0.29, 0.717) is 0 Å². The van der Waals surface area contributed by atoms with Crippen LogP contribution in [0.1, 0.15) is 24.5 Å². The zero-order valence-electron chi connectivity index (χ0n) is 8.98. The second-order valence-corrected chi connectivity index (χ2v) is 3.56. The van der Waals surface area contributed by atoms with E-state index in [1.165, 1.54) is 17.0 Å². The molecule has 0 amide bonds. The van der Waals surface area contributed by atoms with Crippen molar-refractivity contribution in [1.29, 1.82) is 0 Å². The summed E-state index contributed by atoms with van der Waals surface area (Å²) in [6, 6.07) is 21.2. The molecule has 0 atom stereocenters. The fourth-order valence-corrected chi connectivity index (χ4v) is 1.85. The molecule has 0 aliphatic heterocycles. The van der Waals surface area contributed by atoms with Crippen LogP contribution in [0.15, 0.2) is 60.7 Å². The average Bonchev–Trinajstić information content (AvgIpc) is 2.33. The molecule has 1 radical (unpaired) electrons. The van der Waals surface area contributed by atoms with Gasteiger partial charge in [0.05, 0.1) is 0 Å². The molecule has 0 unspecified atom stereocenters. The van der Waals surface area contributed by atoms with Crippen molar-refractivity contribution < 1.29 is 0 Å². The molecule has 0 aromatic heterocycles. The molecule has 2 aromatic carbocycles. The first-order chi connectivity index (χ1) is 7.42. The molecule has 2 aromatic rings. The van der Waals surface area contributed by atoms with Gasteiger partial charge in [-0.15, -0.1) is 0 Å². The Balaban J connectivity index is 2.34. The summed E-state index contributed by atoms with van der Waals surface area (Å²) < 4.78 is 0. The van der Waals surface area contributed by atoms with Crippen LogP contribution in [-0.2, 0) is 0 Å². The van der Waals surface area contributed by atoms with Crippen LogP contribution in [-0.4, -0.2) is 0 Å². The van der Waals surface area contributed by atoms with Gasteiger partial charge in [0.1, 0.15) is 0 Å². The lowest BCUT2D eigenvalue weighted by Gasteiger charge is -2.14. The zero-order chi connectivity index (χ0) is 10.5. The van der Waals surface area contributed by atoms with Crippen molar-refractivity contribution in [1.82, 2.24) is 0 Å². The average molecular weight is 195 g/mol. The standard InChI is InChI=1S/C15H15/c1-2-15(13-9-5-3-6-10-13)14-11-7-4-8-12-14/h3-12H,2H2,1H3. The monoisotopic (exact) mass is 195 g/mol. The largest absolute Gasteiger partial charge is 0.0642 e. The zero-order valence-corrected chi connectivity index (χ0v) is 8.98. The van der Waals surface area contributed by atoms with Crippen LogP contribution in [0.3, 0.4) is 0 Å². The van der Waals surface area contributed by atoms with Gasteiger partial charge in [0.2, 0.25) is 0 Å². The maximum atomic E-state index is 2.20. The van der Waals surface area contributed by atoms with Crippen LogP contribution in [0.2, 0.25) is 0 Å². The van der Waals surface area contributed by atoms with E-state index in [4.69, 9.17) is 0 Å². The molecule has 0 heterocycles. The highest BCUT2D eigenvalue weighted by Gasteiger charge is 2.11. The van der Waals surface area contributed by atoms with E-state index in [1.807, 2.05) is 0 Å². The number of rotatable bonds is 3. The molecular formula is C15H15. The summed E-state index contributed by atoms with van der Waals surface area (Å²) in [5.74, 6) is 1.41. The van der Waals surface area contributed by atoms with Crippen LogP contribution in [0, 0.1) is 5.92 Å². The van der Waals surface area contributed by atoms with Crippen molar-refractivity contribution in [3.8, 4) is 0 Å². The Hall–Kier alpha value is -1.56. The lowest BCUT2D eigenvalue weighted by atomic mass is 9.89. The van der Waals surface area contributed by atoms with Crippen molar-refractivity contribution in [2.45, 2.75) is 13.3 Å². The van der Waals surface area contributed by atoms with Gasteiger partial charge in [0, 0.05) is 5.92 Å². The molecule has 0 saturated carbocycles. The summed E-state index contributed by atoms with van der Waals surface area (Å²) in [6.07, 6.45) is 1.06. The normalized spacial score (nSPS) is 10.5. The minimum atomic E-state index is 1.06. The Morgan fingerprint density at radius 1 is 0.733 bits per heavy atom.